The lowest BCUT2D eigenvalue weighted by molar-refractivity contribution is 0.815. The molecule has 0 aromatic carbocycles. The van der Waals surface area contributed by atoms with Gasteiger partial charge in [-0.3, -0.25) is 0 Å². The monoisotopic (exact) mass is 396 g/mol. The Kier molecular flexibility index (Phi) is 22.7. The van der Waals surface area contributed by atoms with Crippen LogP contribution in [0.3, 0.4) is 0 Å². The van der Waals surface area contributed by atoms with Crippen molar-refractivity contribution in [3.05, 3.63) is 158 Å². The molecule has 0 heteroatoms. The lowest BCUT2D eigenvalue weighted by Gasteiger charge is -1.84. The highest BCUT2D eigenvalue weighted by Gasteiger charge is 1.74. The Morgan fingerprint density at radius 3 is 0.933 bits per heavy atom. The van der Waals surface area contributed by atoms with Gasteiger partial charge in [-0.05, 0) is 6.42 Å². The van der Waals surface area contributed by atoms with Crippen molar-refractivity contribution in [3.63, 3.8) is 0 Å². The Morgan fingerprint density at radius 1 is 0.400 bits per heavy atom. The van der Waals surface area contributed by atoms with E-state index in [1.54, 1.807) is 6.08 Å². The Morgan fingerprint density at radius 2 is 0.667 bits per heavy atom. The van der Waals surface area contributed by atoms with Crippen molar-refractivity contribution >= 4 is 0 Å². The van der Waals surface area contributed by atoms with Crippen LogP contribution in [0, 0.1) is 0 Å². The van der Waals surface area contributed by atoms with E-state index in [-0.39, 0.29) is 0 Å². The molecule has 0 atom stereocenters. The number of allylic oxidation sites excluding steroid dienone is 25. The fraction of sp³-hybridized carbons (Fsp3) is 0.133. The second kappa shape index (κ2) is 25.6. The largest absolute Gasteiger partial charge is 0.0991 e. The molecule has 0 amide bonds. The fourth-order valence-corrected chi connectivity index (χ4v) is 1.92. The number of rotatable bonds is 15. The summed E-state index contributed by atoms with van der Waals surface area (Å²) >= 11 is 0. The van der Waals surface area contributed by atoms with E-state index in [0.717, 1.165) is 6.42 Å². The third kappa shape index (κ3) is 24.6. The molecule has 0 saturated carbocycles. The first-order valence-electron chi connectivity index (χ1n) is 10.5. The third-order valence-corrected chi connectivity index (χ3v) is 3.44. The topological polar surface area (TPSA) is 0 Å². The summed E-state index contributed by atoms with van der Waals surface area (Å²) in [6, 6.07) is 0. The highest BCUT2D eigenvalue weighted by Crippen LogP contribution is 1.95. The smallest absolute Gasteiger partial charge is 0.0348 e. The molecule has 0 bridgehead atoms. The Balaban J connectivity index is 3.92. The van der Waals surface area contributed by atoms with Gasteiger partial charge >= 0.3 is 0 Å². The molecule has 0 fully saturated rings. The van der Waals surface area contributed by atoms with E-state index < -0.39 is 0 Å². The van der Waals surface area contributed by atoms with Crippen molar-refractivity contribution in [2.45, 2.75) is 26.2 Å². The van der Waals surface area contributed by atoms with Gasteiger partial charge in [0.2, 0.25) is 0 Å². The summed E-state index contributed by atoms with van der Waals surface area (Å²) in [4.78, 5) is 0. The molecule has 156 valence electrons. The Labute approximate surface area is 184 Å². The molecule has 0 aliphatic rings. The average Bonchev–Trinajstić information content (AvgIpc) is 2.76. The van der Waals surface area contributed by atoms with E-state index >= 15 is 0 Å². The third-order valence-electron chi connectivity index (χ3n) is 3.44. The standard InChI is InChI=1S/C30H36/c1-3-5-7-9-11-13-15-17-19-21-23-25-27-29-30-28-26-24-22-20-18-16-14-12-10-8-6-4-2/h3,5,7,9-30H,1,4,6,8H2,2H3/b7-5+,11-9+,12-10+,15-13+,16-14+,19-17+,20-18+,23-21+,24-22+,27-25+,28-26+,30-29+. The molecular formula is C30H36. The van der Waals surface area contributed by atoms with E-state index in [9.17, 15) is 0 Å². The van der Waals surface area contributed by atoms with Crippen molar-refractivity contribution in [2.75, 3.05) is 0 Å². The van der Waals surface area contributed by atoms with E-state index in [2.05, 4.69) is 31.7 Å². The zero-order valence-electron chi connectivity index (χ0n) is 18.3. The minimum absolute atomic E-state index is 1.16. The molecule has 0 radical (unpaired) electrons. The second-order valence-electron chi connectivity index (χ2n) is 6.04. The van der Waals surface area contributed by atoms with Crippen LogP contribution < -0.4 is 0 Å². The van der Waals surface area contributed by atoms with Gasteiger partial charge in [0.05, 0.1) is 0 Å². The number of hydrogen-bond acceptors (Lipinski definition) is 0. The maximum absolute atomic E-state index is 3.61. The second-order valence-corrected chi connectivity index (χ2v) is 6.04. The van der Waals surface area contributed by atoms with Gasteiger partial charge in [0.25, 0.3) is 0 Å². The predicted octanol–water partition coefficient (Wildman–Crippen LogP) is 9.04. The molecule has 30 heavy (non-hydrogen) atoms. The van der Waals surface area contributed by atoms with Gasteiger partial charge in [0.15, 0.2) is 0 Å². The van der Waals surface area contributed by atoms with Crippen molar-refractivity contribution in [1.82, 2.24) is 0 Å². The number of unbranched alkanes of at least 4 members (excludes halogenated alkanes) is 2. The molecular weight excluding hydrogens is 360 g/mol. The first-order chi connectivity index (χ1) is 14.9. The normalized spacial score (nSPS) is 14.4. The van der Waals surface area contributed by atoms with E-state index in [4.69, 9.17) is 0 Å². The van der Waals surface area contributed by atoms with Crippen LogP contribution in [0.2, 0.25) is 0 Å². The molecule has 0 heterocycles. The SMILES string of the molecule is C=C/C=C/C=C/C=C/C=C/C=C/C=C/C=C/C=C/C=C/C=C/C=C/C=C/CCCC. The first kappa shape index (κ1) is 26.6. The maximum Gasteiger partial charge on any atom is -0.0348 e. The molecule has 0 nitrogen and oxygen atoms in total. The molecule has 0 aromatic heterocycles. The van der Waals surface area contributed by atoms with Crippen LogP contribution in [0.1, 0.15) is 26.2 Å². The summed E-state index contributed by atoms with van der Waals surface area (Å²) in [6.45, 7) is 5.82. The Hall–Kier alpha value is -3.38. The lowest BCUT2D eigenvalue weighted by atomic mass is 10.2. The zero-order chi connectivity index (χ0) is 21.8. The van der Waals surface area contributed by atoms with E-state index in [1.165, 1.54) is 12.8 Å². The fourth-order valence-electron chi connectivity index (χ4n) is 1.92. The van der Waals surface area contributed by atoms with Gasteiger partial charge in [-0.2, -0.15) is 0 Å². The van der Waals surface area contributed by atoms with E-state index in [0.29, 0.717) is 0 Å². The number of hydrogen-bond donors (Lipinski definition) is 0. The summed E-state index contributed by atoms with van der Waals surface area (Å²) in [5.74, 6) is 0. The van der Waals surface area contributed by atoms with E-state index in [1.807, 2.05) is 128 Å². The van der Waals surface area contributed by atoms with Crippen LogP contribution in [0.5, 0.6) is 0 Å². The zero-order valence-corrected chi connectivity index (χ0v) is 18.3. The lowest BCUT2D eigenvalue weighted by Crippen LogP contribution is -1.64. The Bertz CT molecular complexity index is 748. The molecule has 0 saturated heterocycles. The highest BCUT2D eigenvalue weighted by molar-refractivity contribution is 5.23. The summed E-state index contributed by atoms with van der Waals surface area (Å²) in [5, 5.41) is 0. The summed E-state index contributed by atoms with van der Waals surface area (Å²) in [6.07, 6.45) is 53.7. The van der Waals surface area contributed by atoms with Gasteiger partial charge < -0.3 is 0 Å². The predicted molar refractivity (Wildman–Crippen MR) is 139 cm³/mol. The maximum atomic E-state index is 3.61. The van der Waals surface area contributed by atoms with Crippen molar-refractivity contribution in [3.8, 4) is 0 Å². The molecule has 0 rings (SSSR count). The van der Waals surface area contributed by atoms with Crippen LogP contribution in [-0.2, 0) is 0 Å². The minimum atomic E-state index is 1.16. The molecule has 0 aliphatic carbocycles. The molecule has 0 aliphatic heterocycles. The summed E-state index contributed by atoms with van der Waals surface area (Å²) in [7, 11) is 0. The molecule has 0 aromatic rings. The molecule has 0 unspecified atom stereocenters. The highest BCUT2D eigenvalue weighted by atomic mass is 13.8. The van der Waals surface area contributed by atoms with Crippen molar-refractivity contribution in [2.24, 2.45) is 0 Å². The summed E-state index contributed by atoms with van der Waals surface area (Å²) in [5.41, 5.74) is 0. The van der Waals surface area contributed by atoms with Crippen LogP contribution >= 0.6 is 0 Å². The van der Waals surface area contributed by atoms with Crippen LogP contribution in [0.25, 0.3) is 0 Å². The van der Waals surface area contributed by atoms with Crippen molar-refractivity contribution < 1.29 is 0 Å². The average molecular weight is 397 g/mol. The minimum Gasteiger partial charge on any atom is -0.0991 e. The van der Waals surface area contributed by atoms with Crippen molar-refractivity contribution in [1.29, 1.82) is 0 Å². The van der Waals surface area contributed by atoms with Crippen LogP contribution in [0.15, 0.2) is 158 Å². The van der Waals surface area contributed by atoms with Gasteiger partial charge in [0, 0.05) is 0 Å². The van der Waals surface area contributed by atoms with Crippen LogP contribution in [0.4, 0.5) is 0 Å². The van der Waals surface area contributed by atoms with Gasteiger partial charge in [0.1, 0.15) is 0 Å². The first-order valence-corrected chi connectivity index (χ1v) is 10.5. The van der Waals surface area contributed by atoms with Gasteiger partial charge in [-0.25, -0.2) is 0 Å². The summed E-state index contributed by atoms with van der Waals surface area (Å²) < 4.78 is 0. The quantitative estimate of drug-likeness (QED) is 0.191. The van der Waals surface area contributed by atoms with Crippen LogP contribution in [-0.4, -0.2) is 0 Å². The molecule has 0 N–H and O–H groups in total. The van der Waals surface area contributed by atoms with Gasteiger partial charge in [-0.15, -0.1) is 0 Å². The molecule has 0 spiro atoms. The van der Waals surface area contributed by atoms with Gasteiger partial charge in [-0.1, -0.05) is 178 Å².